The molecule has 3 amide bonds. The van der Waals surface area contributed by atoms with Crippen molar-refractivity contribution < 1.29 is 36.7 Å². The molecule has 0 saturated carbocycles. The van der Waals surface area contributed by atoms with Crippen molar-refractivity contribution in [3.63, 3.8) is 0 Å². The Labute approximate surface area is 227 Å². The monoisotopic (exact) mass is 562 g/mol. The molecule has 2 atom stereocenters. The molecule has 1 aromatic heterocycles. The van der Waals surface area contributed by atoms with Crippen LogP contribution in [0.2, 0.25) is 0 Å². The van der Waals surface area contributed by atoms with Crippen molar-refractivity contribution in [2.45, 2.75) is 50.1 Å². The molecule has 12 nitrogen and oxygen atoms in total. The molecule has 0 spiro atoms. The number of sulfonamides is 1. The molecular formula is C26H34N4O8S. The molecule has 0 bridgehead atoms. The first-order chi connectivity index (χ1) is 18.5. The van der Waals surface area contributed by atoms with E-state index in [1.54, 1.807) is 6.07 Å². The van der Waals surface area contributed by atoms with Crippen LogP contribution in [0.5, 0.6) is 5.75 Å². The van der Waals surface area contributed by atoms with Gasteiger partial charge in [0.05, 0.1) is 37.4 Å². The fourth-order valence-corrected chi connectivity index (χ4v) is 5.57. The molecule has 0 aliphatic carbocycles. The minimum Gasteiger partial charge on any atom is -0.497 e. The number of nitrogens with one attached hydrogen (secondary N) is 3. The van der Waals surface area contributed by atoms with E-state index in [-0.39, 0.29) is 42.6 Å². The topological polar surface area (TPSA) is 164 Å². The SMILES string of the molecule is COc1ccc(S(=O)(=O)N2CCC[C@H](NC(=O)[C@H](CC(C)C)NC(=O)CNC(=O)c3ccco3)C(=O)C2)cc1. The van der Waals surface area contributed by atoms with Crippen LogP contribution in [0, 0.1) is 5.92 Å². The Morgan fingerprint density at radius 1 is 1.15 bits per heavy atom. The number of benzene rings is 1. The zero-order chi connectivity index (χ0) is 28.6. The molecule has 1 saturated heterocycles. The van der Waals surface area contributed by atoms with Gasteiger partial charge in [-0.2, -0.15) is 4.31 Å². The zero-order valence-electron chi connectivity index (χ0n) is 22.1. The number of ketones is 1. The summed E-state index contributed by atoms with van der Waals surface area (Å²) in [6.07, 6.45) is 2.23. The lowest BCUT2D eigenvalue weighted by molar-refractivity contribution is -0.131. The summed E-state index contributed by atoms with van der Waals surface area (Å²) in [4.78, 5) is 50.6. The minimum absolute atomic E-state index is 0.0359. The average Bonchev–Trinajstić information content (AvgIpc) is 3.38. The molecule has 2 heterocycles. The van der Waals surface area contributed by atoms with Crippen molar-refractivity contribution in [1.82, 2.24) is 20.3 Å². The summed E-state index contributed by atoms with van der Waals surface area (Å²) in [5.41, 5.74) is 0. The molecule has 1 aliphatic rings. The highest BCUT2D eigenvalue weighted by Crippen LogP contribution is 2.22. The number of nitrogens with zero attached hydrogens (tertiary/aromatic N) is 1. The van der Waals surface area contributed by atoms with E-state index in [9.17, 15) is 27.6 Å². The van der Waals surface area contributed by atoms with E-state index in [4.69, 9.17) is 9.15 Å². The third kappa shape index (κ3) is 8.14. The summed E-state index contributed by atoms with van der Waals surface area (Å²) < 4.78 is 37.4. The second-order valence-electron chi connectivity index (χ2n) is 9.59. The first-order valence-electron chi connectivity index (χ1n) is 12.6. The number of furan rings is 1. The highest BCUT2D eigenvalue weighted by atomic mass is 32.2. The van der Waals surface area contributed by atoms with Gasteiger partial charge in [0.1, 0.15) is 11.8 Å². The summed E-state index contributed by atoms with van der Waals surface area (Å²) in [6, 6.07) is 7.03. The Morgan fingerprint density at radius 3 is 2.49 bits per heavy atom. The number of rotatable bonds is 11. The van der Waals surface area contributed by atoms with E-state index < -0.39 is 45.6 Å². The van der Waals surface area contributed by atoms with Gasteiger partial charge in [0.15, 0.2) is 11.5 Å². The maximum Gasteiger partial charge on any atom is 0.287 e. The second-order valence-corrected chi connectivity index (χ2v) is 11.5. The predicted molar refractivity (Wildman–Crippen MR) is 140 cm³/mol. The molecular weight excluding hydrogens is 528 g/mol. The van der Waals surface area contributed by atoms with Gasteiger partial charge in [-0.15, -0.1) is 0 Å². The van der Waals surface area contributed by atoms with Crippen molar-refractivity contribution in [3.05, 3.63) is 48.4 Å². The second kappa shape index (κ2) is 13.4. The predicted octanol–water partition coefficient (Wildman–Crippen LogP) is 1.09. The van der Waals surface area contributed by atoms with Gasteiger partial charge in [-0.05, 0) is 61.6 Å². The van der Waals surface area contributed by atoms with Crippen molar-refractivity contribution in [2.75, 3.05) is 26.7 Å². The quantitative estimate of drug-likeness (QED) is 0.366. The van der Waals surface area contributed by atoms with Gasteiger partial charge in [-0.1, -0.05) is 13.8 Å². The molecule has 3 rings (SSSR count). The van der Waals surface area contributed by atoms with Gasteiger partial charge in [0, 0.05) is 6.54 Å². The molecule has 0 unspecified atom stereocenters. The fraction of sp³-hybridized carbons (Fsp3) is 0.462. The van der Waals surface area contributed by atoms with Crippen LogP contribution in [-0.2, 0) is 24.4 Å². The number of ether oxygens (including phenoxy) is 1. The maximum absolute atomic E-state index is 13.1. The van der Waals surface area contributed by atoms with Crippen LogP contribution in [0.1, 0.15) is 43.7 Å². The first kappa shape index (κ1) is 29.8. The van der Waals surface area contributed by atoms with E-state index in [1.807, 2.05) is 13.8 Å². The Bertz CT molecular complexity index is 1260. The first-order valence-corrected chi connectivity index (χ1v) is 14.0. The smallest absolute Gasteiger partial charge is 0.287 e. The third-order valence-corrected chi connectivity index (χ3v) is 8.01. The van der Waals surface area contributed by atoms with Gasteiger partial charge in [-0.25, -0.2) is 8.42 Å². The standard InChI is InChI=1S/C26H34N4O8S/c1-17(2)14-21(28-24(32)15-27-26(34)23-7-5-13-38-23)25(33)29-20-6-4-12-30(16-22(20)31)39(35,36)19-10-8-18(37-3)9-11-19/h5,7-11,13,17,20-21H,4,6,12,14-16H2,1-3H3,(H,27,34)(H,28,32)(H,29,33)/t20-,21-/m0/s1. The molecule has 3 N–H and O–H groups in total. The summed E-state index contributed by atoms with van der Waals surface area (Å²) in [5.74, 6) is -1.56. The Morgan fingerprint density at radius 2 is 1.87 bits per heavy atom. The summed E-state index contributed by atoms with van der Waals surface area (Å²) in [5, 5.41) is 7.72. The zero-order valence-corrected chi connectivity index (χ0v) is 23.0. The van der Waals surface area contributed by atoms with Crippen LogP contribution in [0.4, 0.5) is 0 Å². The highest BCUT2D eigenvalue weighted by Gasteiger charge is 2.34. The molecule has 0 radical (unpaired) electrons. The largest absolute Gasteiger partial charge is 0.497 e. The van der Waals surface area contributed by atoms with E-state index >= 15 is 0 Å². The van der Waals surface area contributed by atoms with Crippen molar-refractivity contribution in [3.8, 4) is 5.75 Å². The lowest BCUT2D eigenvalue weighted by Gasteiger charge is -2.23. The minimum atomic E-state index is -3.93. The summed E-state index contributed by atoms with van der Waals surface area (Å²) in [7, 11) is -2.45. The molecule has 1 aromatic carbocycles. The molecule has 212 valence electrons. The molecule has 13 heteroatoms. The summed E-state index contributed by atoms with van der Waals surface area (Å²) >= 11 is 0. The van der Waals surface area contributed by atoms with Gasteiger partial charge in [0.2, 0.25) is 21.8 Å². The van der Waals surface area contributed by atoms with Crippen LogP contribution in [0.15, 0.2) is 52.0 Å². The van der Waals surface area contributed by atoms with Crippen LogP contribution < -0.4 is 20.7 Å². The van der Waals surface area contributed by atoms with Gasteiger partial charge >= 0.3 is 0 Å². The maximum atomic E-state index is 13.1. The number of Topliss-reactive ketones (excluding diaryl/α,β-unsaturated/α-hetero) is 1. The Kier molecular flexibility index (Phi) is 10.2. The summed E-state index contributed by atoms with van der Waals surface area (Å²) in [6.45, 7) is 3.11. The van der Waals surface area contributed by atoms with Crippen molar-refractivity contribution >= 4 is 33.5 Å². The van der Waals surface area contributed by atoms with Crippen LogP contribution in [0.3, 0.4) is 0 Å². The number of carbonyl (C=O) groups excluding carboxylic acids is 4. The van der Waals surface area contributed by atoms with Gasteiger partial charge in [0.25, 0.3) is 5.91 Å². The van der Waals surface area contributed by atoms with E-state index in [1.165, 1.54) is 43.7 Å². The lowest BCUT2D eigenvalue weighted by atomic mass is 10.0. The Hall–Kier alpha value is -3.71. The number of methoxy groups -OCH3 is 1. The highest BCUT2D eigenvalue weighted by molar-refractivity contribution is 7.89. The number of hydrogen-bond donors (Lipinski definition) is 3. The molecule has 2 aromatic rings. The third-order valence-electron chi connectivity index (χ3n) is 6.15. The number of hydrogen-bond acceptors (Lipinski definition) is 8. The van der Waals surface area contributed by atoms with E-state index in [0.717, 1.165) is 4.31 Å². The van der Waals surface area contributed by atoms with Crippen molar-refractivity contribution in [1.29, 1.82) is 0 Å². The normalized spacial score (nSPS) is 17.2. The van der Waals surface area contributed by atoms with Crippen molar-refractivity contribution in [2.24, 2.45) is 5.92 Å². The number of amides is 3. The Balaban J connectivity index is 1.61. The van der Waals surface area contributed by atoms with E-state index in [2.05, 4.69) is 16.0 Å². The van der Waals surface area contributed by atoms with Crippen LogP contribution in [-0.4, -0.2) is 75.1 Å². The lowest BCUT2D eigenvalue weighted by Crippen LogP contribution is -2.54. The molecule has 1 aliphatic heterocycles. The van der Waals surface area contributed by atoms with Gasteiger partial charge < -0.3 is 25.1 Å². The van der Waals surface area contributed by atoms with E-state index in [0.29, 0.717) is 18.6 Å². The number of carbonyl (C=O) groups is 4. The molecule has 39 heavy (non-hydrogen) atoms. The van der Waals surface area contributed by atoms with Crippen LogP contribution in [0.25, 0.3) is 0 Å². The van der Waals surface area contributed by atoms with Gasteiger partial charge in [-0.3, -0.25) is 19.2 Å². The fourth-order valence-electron chi connectivity index (χ4n) is 4.13. The van der Waals surface area contributed by atoms with Crippen LogP contribution >= 0.6 is 0 Å². The molecule has 1 fully saturated rings. The average molecular weight is 563 g/mol.